The van der Waals surface area contributed by atoms with Crippen molar-refractivity contribution in [2.75, 3.05) is 0 Å². The topological polar surface area (TPSA) is 51.2 Å². The third kappa shape index (κ3) is 1.32. The van der Waals surface area contributed by atoms with Gasteiger partial charge in [0.1, 0.15) is 0 Å². The fraction of sp³-hybridized carbons (Fsp3) is 0.833. The summed E-state index contributed by atoms with van der Waals surface area (Å²) in [5.41, 5.74) is 3.79. The number of hydrogen-bond donors (Lipinski definition) is 0. The van der Waals surface area contributed by atoms with Crippen molar-refractivity contribution in [2.45, 2.75) is 26.7 Å². The normalized spacial score (nSPS) is 15.7. The van der Waals surface area contributed by atoms with E-state index in [1.165, 1.54) is 0 Å². The highest BCUT2D eigenvalue weighted by molar-refractivity contribution is 5.84. The number of rotatable bonds is 3. The van der Waals surface area contributed by atoms with Gasteiger partial charge >= 0.3 is 0 Å². The lowest BCUT2D eigenvalue weighted by molar-refractivity contribution is 0.624. The van der Waals surface area contributed by atoms with Gasteiger partial charge in [-0.2, -0.15) is 0 Å². The van der Waals surface area contributed by atoms with Crippen LogP contribution in [0.5, 0.6) is 0 Å². The summed E-state index contributed by atoms with van der Waals surface area (Å²) >= 11 is 0. The van der Waals surface area contributed by atoms with Crippen molar-refractivity contribution >= 4 is 5.84 Å². The van der Waals surface area contributed by atoms with Gasteiger partial charge in [0.25, 0.3) is 0 Å². The minimum Gasteiger partial charge on any atom is -0.111 e. The Bertz CT molecular complexity index is 157. The van der Waals surface area contributed by atoms with E-state index in [-0.39, 0.29) is 0 Å². The van der Waals surface area contributed by atoms with E-state index in [0.717, 1.165) is 18.7 Å². The zero-order chi connectivity index (χ0) is 7.40. The van der Waals surface area contributed by atoms with Gasteiger partial charge in [-0.15, -0.1) is 10.5 Å². The second-order valence-corrected chi connectivity index (χ2v) is 2.25. The van der Waals surface area contributed by atoms with Crippen molar-refractivity contribution < 1.29 is 0 Å². The van der Waals surface area contributed by atoms with E-state index >= 15 is 0 Å². The minimum atomic E-state index is 0.440. The number of hydrogen-bond acceptors (Lipinski definition) is 3. The predicted molar refractivity (Wildman–Crippen MR) is 38.5 cm³/mol. The maximum Gasteiger partial charge on any atom is 0.180 e. The Kier molecular flexibility index (Phi) is 2.36. The molecular weight excluding hydrogens is 128 g/mol. The summed E-state index contributed by atoms with van der Waals surface area (Å²) < 4.78 is 0. The van der Waals surface area contributed by atoms with Gasteiger partial charge in [-0.05, 0) is 23.3 Å². The van der Waals surface area contributed by atoms with E-state index in [4.69, 9.17) is 0 Å². The van der Waals surface area contributed by atoms with Crippen LogP contribution in [-0.2, 0) is 0 Å². The lowest BCUT2D eigenvalue weighted by Crippen LogP contribution is -2.17. The van der Waals surface area contributed by atoms with Crippen LogP contribution >= 0.6 is 0 Å². The first-order valence-corrected chi connectivity index (χ1v) is 3.57. The molecule has 0 spiro atoms. The summed E-state index contributed by atoms with van der Waals surface area (Å²) in [6.45, 7) is 4.23. The molecule has 1 aliphatic heterocycles. The third-order valence-corrected chi connectivity index (χ3v) is 1.69. The van der Waals surface area contributed by atoms with E-state index in [9.17, 15) is 0 Å². The standard InChI is InChI=1S/C6H11N4/c1-3-5(4-2)6-7-9-10-8-6/h5H,3-4H2,1-2H3. The van der Waals surface area contributed by atoms with Crippen LogP contribution in [0.2, 0.25) is 0 Å². The summed E-state index contributed by atoms with van der Waals surface area (Å²) in [5, 5.41) is 10.6. The molecule has 4 nitrogen and oxygen atoms in total. The van der Waals surface area contributed by atoms with Crippen LogP contribution in [0.4, 0.5) is 0 Å². The molecule has 1 heterocycles. The minimum absolute atomic E-state index is 0.440. The Hall–Kier alpha value is -0.930. The molecule has 1 rings (SSSR count). The van der Waals surface area contributed by atoms with Gasteiger partial charge in [0.15, 0.2) is 5.84 Å². The Labute approximate surface area is 60.4 Å². The molecule has 1 radical (unpaired) electrons. The van der Waals surface area contributed by atoms with Crippen LogP contribution in [0.15, 0.2) is 15.5 Å². The molecule has 0 saturated carbocycles. The first-order chi connectivity index (χ1) is 4.88. The molecule has 0 aliphatic carbocycles. The fourth-order valence-corrected chi connectivity index (χ4v) is 0.969. The highest BCUT2D eigenvalue weighted by Crippen LogP contribution is 2.11. The van der Waals surface area contributed by atoms with Crippen LogP contribution in [0.1, 0.15) is 26.7 Å². The van der Waals surface area contributed by atoms with Crippen molar-refractivity contribution in [3.8, 4) is 0 Å². The van der Waals surface area contributed by atoms with Crippen molar-refractivity contribution in [2.24, 2.45) is 21.5 Å². The monoisotopic (exact) mass is 139 g/mol. The molecule has 0 aromatic rings. The highest BCUT2D eigenvalue weighted by Gasteiger charge is 2.15. The number of amidine groups is 1. The average molecular weight is 139 g/mol. The maximum absolute atomic E-state index is 3.79. The quantitative estimate of drug-likeness (QED) is 0.571. The molecular formula is C6H11N4. The zero-order valence-corrected chi connectivity index (χ0v) is 6.28. The largest absolute Gasteiger partial charge is 0.180 e. The summed E-state index contributed by atoms with van der Waals surface area (Å²) in [5.74, 6) is 1.22. The molecule has 0 aromatic carbocycles. The lowest BCUT2D eigenvalue weighted by atomic mass is 10.0. The fourth-order valence-electron chi connectivity index (χ4n) is 0.969. The molecule has 0 atom stereocenters. The van der Waals surface area contributed by atoms with E-state index in [1.807, 2.05) is 0 Å². The SMILES string of the molecule is CCC(CC)C1=NN=N[N]1. The molecule has 0 saturated heterocycles. The van der Waals surface area contributed by atoms with Crippen LogP contribution in [0.3, 0.4) is 0 Å². The van der Waals surface area contributed by atoms with Gasteiger partial charge in [0, 0.05) is 5.92 Å². The summed E-state index contributed by atoms with van der Waals surface area (Å²) in [6, 6.07) is 0. The maximum atomic E-state index is 3.79. The zero-order valence-electron chi connectivity index (χ0n) is 6.28. The molecule has 0 aromatic heterocycles. The van der Waals surface area contributed by atoms with E-state index < -0.39 is 0 Å². The Morgan fingerprint density at radius 1 is 1.20 bits per heavy atom. The van der Waals surface area contributed by atoms with E-state index in [0.29, 0.717) is 5.92 Å². The molecule has 0 N–H and O–H groups in total. The van der Waals surface area contributed by atoms with Crippen LogP contribution < -0.4 is 5.43 Å². The van der Waals surface area contributed by atoms with Gasteiger partial charge in [-0.3, -0.25) is 0 Å². The van der Waals surface area contributed by atoms with E-state index in [2.05, 4.69) is 34.8 Å². The molecule has 0 bridgehead atoms. The van der Waals surface area contributed by atoms with Crippen molar-refractivity contribution in [3.63, 3.8) is 0 Å². The number of nitrogens with zero attached hydrogens (tertiary/aromatic N) is 4. The smallest absolute Gasteiger partial charge is 0.111 e. The second-order valence-electron chi connectivity index (χ2n) is 2.25. The molecule has 0 fully saturated rings. The molecule has 1 aliphatic rings. The first-order valence-electron chi connectivity index (χ1n) is 3.57. The van der Waals surface area contributed by atoms with Gasteiger partial charge in [-0.1, -0.05) is 13.8 Å². The van der Waals surface area contributed by atoms with Crippen molar-refractivity contribution in [3.05, 3.63) is 0 Å². The van der Waals surface area contributed by atoms with E-state index in [1.54, 1.807) is 0 Å². The van der Waals surface area contributed by atoms with Crippen molar-refractivity contribution in [1.29, 1.82) is 0 Å². The summed E-state index contributed by atoms with van der Waals surface area (Å²) in [6.07, 6.45) is 2.12. The van der Waals surface area contributed by atoms with Crippen LogP contribution in [-0.4, -0.2) is 5.84 Å². The van der Waals surface area contributed by atoms with Crippen LogP contribution in [0, 0.1) is 5.92 Å². The first kappa shape index (κ1) is 7.18. The molecule has 0 unspecified atom stereocenters. The molecule has 55 valence electrons. The van der Waals surface area contributed by atoms with Crippen LogP contribution in [0.25, 0.3) is 0 Å². The molecule has 0 amide bonds. The molecule has 10 heavy (non-hydrogen) atoms. The third-order valence-electron chi connectivity index (χ3n) is 1.69. The second kappa shape index (κ2) is 3.29. The van der Waals surface area contributed by atoms with Crippen molar-refractivity contribution in [1.82, 2.24) is 5.43 Å². The van der Waals surface area contributed by atoms with Gasteiger partial charge in [0.05, 0.1) is 0 Å². The van der Waals surface area contributed by atoms with Gasteiger partial charge < -0.3 is 0 Å². The lowest BCUT2D eigenvalue weighted by Gasteiger charge is -2.06. The Balaban J connectivity index is 2.47. The predicted octanol–water partition coefficient (Wildman–Crippen LogP) is 1.72. The molecule has 4 heteroatoms. The summed E-state index contributed by atoms with van der Waals surface area (Å²) in [7, 11) is 0. The van der Waals surface area contributed by atoms with Gasteiger partial charge in [0.2, 0.25) is 0 Å². The van der Waals surface area contributed by atoms with Gasteiger partial charge in [-0.25, -0.2) is 0 Å². The Morgan fingerprint density at radius 3 is 2.30 bits per heavy atom. The summed E-state index contributed by atoms with van der Waals surface area (Å²) in [4.78, 5) is 0. The highest BCUT2D eigenvalue weighted by atomic mass is 15.6. The average Bonchev–Trinajstić information content (AvgIpc) is 2.43. The Morgan fingerprint density at radius 2 is 1.90 bits per heavy atom.